The first-order chi connectivity index (χ1) is 9.72. The lowest BCUT2D eigenvalue weighted by Crippen LogP contribution is -2.34. The number of H-pyrrole nitrogens is 1. The van der Waals surface area contributed by atoms with Crippen molar-refractivity contribution in [2.45, 2.75) is 26.4 Å². The lowest BCUT2D eigenvalue weighted by molar-refractivity contribution is 0.146. The van der Waals surface area contributed by atoms with Crippen LogP contribution in [0.25, 0.3) is 11.4 Å². The van der Waals surface area contributed by atoms with Crippen LogP contribution in [0.2, 0.25) is 0 Å². The molecular weight excluding hydrogens is 268 g/mol. The molecule has 0 bridgehead atoms. The molecule has 5 heteroatoms. The van der Waals surface area contributed by atoms with Gasteiger partial charge in [0.25, 0.3) is 0 Å². The lowest BCUT2D eigenvalue weighted by Gasteiger charge is -2.29. The Bertz CT molecular complexity index is 608. The van der Waals surface area contributed by atoms with Gasteiger partial charge in [0, 0.05) is 18.7 Å². The minimum absolute atomic E-state index is 0.627. The summed E-state index contributed by atoms with van der Waals surface area (Å²) >= 11 is 5.36. The van der Waals surface area contributed by atoms with Crippen molar-refractivity contribution in [3.05, 3.63) is 35.1 Å². The maximum atomic E-state index is 5.36. The van der Waals surface area contributed by atoms with E-state index >= 15 is 0 Å². The Morgan fingerprint density at radius 1 is 1.25 bits per heavy atom. The first-order valence-electron chi connectivity index (χ1n) is 7.17. The molecule has 1 aromatic heterocycles. The second-order valence-electron chi connectivity index (χ2n) is 5.59. The fourth-order valence-corrected chi connectivity index (χ4v) is 2.78. The van der Waals surface area contributed by atoms with Gasteiger partial charge in [-0.15, -0.1) is 0 Å². The second-order valence-corrected chi connectivity index (χ2v) is 5.96. The molecule has 0 radical (unpaired) electrons. The van der Waals surface area contributed by atoms with E-state index in [0.29, 0.717) is 4.77 Å². The molecule has 0 spiro atoms. The molecule has 20 heavy (non-hydrogen) atoms. The Morgan fingerprint density at radius 3 is 2.65 bits per heavy atom. The number of hydrogen-bond acceptors (Lipinski definition) is 3. The normalized spacial score (nSPS) is 17.4. The summed E-state index contributed by atoms with van der Waals surface area (Å²) in [5.74, 6) is 1.70. The van der Waals surface area contributed by atoms with Crippen LogP contribution in [0.5, 0.6) is 0 Å². The summed E-state index contributed by atoms with van der Waals surface area (Å²) in [5, 5.41) is 3.32. The van der Waals surface area contributed by atoms with E-state index < -0.39 is 0 Å². The monoisotopic (exact) mass is 288 g/mol. The van der Waals surface area contributed by atoms with E-state index in [4.69, 9.17) is 12.2 Å². The van der Waals surface area contributed by atoms with Crippen molar-refractivity contribution < 1.29 is 0 Å². The fraction of sp³-hybridized carbons (Fsp3) is 0.467. The molecule has 0 unspecified atom stereocenters. The number of nitrogens with one attached hydrogen (secondary N) is 1. The smallest absolute Gasteiger partial charge is 0.217 e. The largest absolute Gasteiger partial charge is 0.284 e. The molecule has 0 aliphatic carbocycles. The Balaban J connectivity index is 1.75. The van der Waals surface area contributed by atoms with Crippen LogP contribution in [0, 0.1) is 10.7 Å². The van der Waals surface area contributed by atoms with E-state index in [9.17, 15) is 0 Å². The minimum atomic E-state index is 0.627. The summed E-state index contributed by atoms with van der Waals surface area (Å²) in [6.07, 6.45) is 2.54. The van der Waals surface area contributed by atoms with Crippen molar-refractivity contribution >= 4 is 12.2 Å². The summed E-state index contributed by atoms with van der Waals surface area (Å²) in [6, 6.07) is 10.1. The van der Waals surface area contributed by atoms with Gasteiger partial charge < -0.3 is 0 Å². The van der Waals surface area contributed by atoms with E-state index in [2.05, 4.69) is 21.9 Å². The zero-order valence-corrected chi connectivity index (χ0v) is 12.6. The highest BCUT2D eigenvalue weighted by Crippen LogP contribution is 2.17. The van der Waals surface area contributed by atoms with Gasteiger partial charge in [-0.05, 0) is 31.0 Å². The van der Waals surface area contributed by atoms with E-state index in [1.165, 1.54) is 12.8 Å². The van der Waals surface area contributed by atoms with Gasteiger partial charge in [-0.3, -0.25) is 10.00 Å². The number of rotatable bonds is 3. The Morgan fingerprint density at radius 2 is 1.95 bits per heavy atom. The quantitative estimate of drug-likeness (QED) is 0.881. The molecular formula is C15H20N4S. The molecule has 1 saturated heterocycles. The van der Waals surface area contributed by atoms with Crippen LogP contribution in [-0.4, -0.2) is 32.8 Å². The van der Waals surface area contributed by atoms with Crippen molar-refractivity contribution in [1.29, 1.82) is 0 Å². The minimum Gasteiger partial charge on any atom is -0.284 e. The van der Waals surface area contributed by atoms with E-state index in [1.807, 2.05) is 35.0 Å². The predicted molar refractivity (Wildman–Crippen MR) is 82.8 cm³/mol. The molecule has 106 valence electrons. The molecule has 0 amide bonds. The van der Waals surface area contributed by atoms with E-state index in [-0.39, 0.29) is 0 Å². The average molecular weight is 288 g/mol. The van der Waals surface area contributed by atoms with Crippen LogP contribution >= 0.6 is 12.2 Å². The van der Waals surface area contributed by atoms with Crippen molar-refractivity contribution in [2.75, 3.05) is 13.1 Å². The number of aromatic nitrogens is 3. The zero-order chi connectivity index (χ0) is 13.9. The van der Waals surface area contributed by atoms with Gasteiger partial charge in [0.15, 0.2) is 5.82 Å². The van der Waals surface area contributed by atoms with Gasteiger partial charge in [-0.25, -0.2) is 4.68 Å². The topological polar surface area (TPSA) is 36.9 Å². The molecule has 1 aliphatic heterocycles. The third-order valence-electron chi connectivity index (χ3n) is 3.94. The highest BCUT2D eigenvalue weighted by atomic mass is 32.1. The molecule has 1 N–H and O–H groups in total. The molecule has 1 fully saturated rings. The lowest BCUT2D eigenvalue weighted by atomic mass is 10.00. The SMILES string of the molecule is CC1CCN(Cn2[nH]c(-c3ccccc3)nc2=S)CC1. The number of hydrogen-bond donors (Lipinski definition) is 1. The fourth-order valence-electron chi connectivity index (χ4n) is 2.58. The van der Waals surface area contributed by atoms with Crippen molar-refractivity contribution in [2.24, 2.45) is 5.92 Å². The Hall–Kier alpha value is -1.46. The third-order valence-corrected chi connectivity index (χ3v) is 4.26. The summed E-state index contributed by atoms with van der Waals surface area (Å²) < 4.78 is 2.59. The van der Waals surface area contributed by atoms with Crippen molar-refractivity contribution in [1.82, 2.24) is 19.7 Å². The Kier molecular flexibility index (Phi) is 3.98. The summed E-state index contributed by atoms with van der Waals surface area (Å²) in [7, 11) is 0. The molecule has 3 rings (SSSR count). The van der Waals surface area contributed by atoms with Crippen molar-refractivity contribution in [3.8, 4) is 11.4 Å². The highest BCUT2D eigenvalue weighted by molar-refractivity contribution is 7.71. The van der Waals surface area contributed by atoms with Crippen molar-refractivity contribution in [3.63, 3.8) is 0 Å². The zero-order valence-electron chi connectivity index (χ0n) is 11.7. The summed E-state index contributed by atoms with van der Waals surface area (Å²) in [5.41, 5.74) is 1.07. The van der Waals surface area contributed by atoms with Gasteiger partial charge in [0.2, 0.25) is 4.77 Å². The maximum Gasteiger partial charge on any atom is 0.217 e. The molecule has 0 saturated carbocycles. The van der Waals surface area contributed by atoms with Gasteiger partial charge in [-0.2, -0.15) is 4.98 Å². The number of aromatic amines is 1. The van der Waals surface area contributed by atoms with Crippen LogP contribution in [0.1, 0.15) is 19.8 Å². The molecule has 1 aromatic carbocycles. The molecule has 4 nitrogen and oxygen atoms in total. The second kappa shape index (κ2) is 5.89. The van der Waals surface area contributed by atoms with Gasteiger partial charge in [0.05, 0.1) is 6.67 Å². The van der Waals surface area contributed by atoms with Gasteiger partial charge >= 0.3 is 0 Å². The molecule has 2 heterocycles. The van der Waals surface area contributed by atoms with Crippen LogP contribution in [0.3, 0.4) is 0 Å². The molecule has 1 aliphatic rings. The van der Waals surface area contributed by atoms with Gasteiger partial charge in [-0.1, -0.05) is 37.3 Å². The number of nitrogens with zero attached hydrogens (tertiary/aromatic N) is 3. The predicted octanol–water partition coefficient (Wildman–Crippen LogP) is 3.30. The molecule has 0 atom stereocenters. The van der Waals surface area contributed by atoms with Crippen LogP contribution < -0.4 is 0 Å². The standard InChI is InChI=1S/C15H20N4S/c1-12-7-9-18(10-8-12)11-19-15(20)16-14(17-19)13-5-3-2-4-6-13/h2-6,12H,7-11H2,1H3,(H,16,17,20). The molecule has 2 aromatic rings. The summed E-state index contributed by atoms with van der Waals surface area (Å²) in [6.45, 7) is 5.42. The van der Waals surface area contributed by atoms with Crippen LogP contribution in [0.15, 0.2) is 30.3 Å². The number of benzene rings is 1. The first kappa shape index (κ1) is 13.5. The number of likely N-dealkylation sites (tertiary alicyclic amines) is 1. The average Bonchev–Trinajstić information content (AvgIpc) is 2.84. The Labute approximate surface area is 124 Å². The first-order valence-corrected chi connectivity index (χ1v) is 7.58. The maximum absolute atomic E-state index is 5.36. The third kappa shape index (κ3) is 2.99. The van der Waals surface area contributed by atoms with E-state index in [1.54, 1.807) is 0 Å². The summed E-state index contributed by atoms with van der Waals surface area (Å²) in [4.78, 5) is 6.89. The highest BCUT2D eigenvalue weighted by Gasteiger charge is 2.16. The van der Waals surface area contributed by atoms with Gasteiger partial charge in [0.1, 0.15) is 0 Å². The number of piperidine rings is 1. The van der Waals surface area contributed by atoms with Crippen LogP contribution in [-0.2, 0) is 6.67 Å². The van der Waals surface area contributed by atoms with Crippen LogP contribution in [0.4, 0.5) is 0 Å². The van der Waals surface area contributed by atoms with E-state index in [0.717, 1.165) is 37.1 Å².